The minimum absolute atomic E-state index is 0.357. The lowest BCUT2D eigenvalue weighted by atomic mass is 9.86. The highest BCUT2D eigenvalue weighted by Gasteiger charge is 2.35. The molecule has 1 heterocycles. The molecule has 0 spiro atoms. The van der Waals surface area contributed by atoms with Crippen LogP contribution in [-0.2, 0) is 15.1 Å². The number of rotatable bonds is 6. The molecule has 0 saturated carbocycles. The van der Waals surface area contributed by atoms with Crippen molar-refractivity contribution in [2.75, 3.05) is 20.3 Å². The topological polar surface area (TPSA) is 36.9 Å². The summed E-state index contributed by atoms with van der Waals surface area (Å²) in [5.41, 5.74) is 0.216. The summed E-state index contributed by atoms with van der Waals surface area (Å²) < 4.78 is 37.2. The van der Waals surface area contributed by atoms with E-state index in [9.17, 15) is 4.39 Å². The Morgan fingerprint density at radius 1 is 0.759 bits per heavy atom. The van der Waals surface area contributed by atoms with E-state index in [2.05, 4.69) is 0 Å². The molecule has 1 aliphatic rings. The predicted octanol–water partition coefficient (Wildman–Crippen LogP) is 6.06. The number of para-hydroxylation sites is 1. The Morgan fingerprint density at radius 3 is 1.97 bits per heavy atom. The molecule has 3 aromatic rings. The summed E-state index contributed by atoms with van der Waals surface area (Å²) in [6, 6.07) is 21.5. The first-order chi connectivity index (χ1) is 14.2. The molecule has 150 valence electrons. The van der Waals surface area contributed by atoms with Gasteiger partial charge in [0.1, 0.15) is 28.8 Å². The molecule has 0 N–H and O–H groups in total. The van der Waals surface area contributed by atoms with Crippen LogP contribution in [0.1, 0.15) is 18.4 Å². The van der Waals surface area contributed by atoms with Crippen LogP contribution in [0.3, 0.4) is 0 Å². The van der Waals surface area contributed by atoms with Crippen LogP contribution in [0.4, 0.5) is 4.39 Å². The van der Waals surface area contributed by atoms with Crippen molar-refractivity contribution in [1.82, 2.24) is 0 Å². The first-order valence-corrected chi connectivity index (χ1v) is 9.62. The van der Waals surface area contributed by atoms with Gasteiger partial charge in [0.05, 0.1) is 5.60 Å². The van der Waals surface area contributed by atoms with E-state index in [4.69, 9.17) is 18.9 Å². The van der Waals surface area contributed by atoms with E-state index in [-0.39, 0.29) is 5.82 Å². The molecule has 1 saturated heterocycles. The van der Waals surface area contributed by atoms with E-state index in [0.29, 0.717) is 43.3 Å². The third-order valence-corrected chi connectivity index (χ3v) is 5.13. The van der Waals surface area contributed by atoms with Crippen molar-refractivity contribution in [3.63, 3.8) is 0 Å². The first-order valence-electron chi connectivity index (χ1n) is 9.62. The van der Waals surface area contributed by atoms with Crippen molar-refractivity contribution in [1.29, 1.82) is 0 Å². The summed E-state index contributed by atoms with van der Waals surface area (Å²) in [4.78, 5) is 0. The SMILES string of the molecule is COC1(c2cc(F)cc(Oc3ccc(Oc4ccccc4)cc3)c2)CCOCC1. The summed E-state index contributed by atoms with van der Waals surface area (Å²) in [5, 5.41) is 0. The second-order valence-corrected chi connectivity index (χ2v) is 6.97. The fourth-order valence-electron chi connectivity index (χ4n) is 3.53. The molecule has 0 amide bonds. The van der Waals surface area contributed by atoms with Crippen LogP contribution in [0.25, 0.3) is 0 Å². The molecule has 3 aromatic carbocycles. The standard InChI is InChI=1S/C24H23FO4/c1-26-24(11-13-27-14-12-24)18-15-19(25)17-23(16-18)29-22-9-7-21(8-10-22)28-20-5-3-2-4-6-20/h2-10,15-17H,11-14H2,1H3. The van der Waals surface area contributed by atoms with Crippen LogP contribution >= 0.6 is 0 Å². The van der Waals surface area contributed by atoms with Crippen molar-refractivity contribution in [2.45, 2.75) is 18.4 Å². The minimum atomic E-state index is -0.550. The smallest absolute Gasteiger partial charge is 0.130 e. The van der Waals surface area contributed by atoms with E-state index in [1.54, 1.807) is 19.2 Å². The molecular weight excluding hydrogens is 371 g/mol. The quantitative estimate of drug-likeness (QED) is 0.509. The summed E-state index contributed by atoms with van der Waals surface area (Å²) in [6.45, 7) is 1.17. The molecule has 4 rings (SSSR count). The fourth-order valence-corrected chi connectivity index (χ4v) is 3.53. The van der Waals surface area contributed by atoms with Crippen molar-refractivity contribution >= 4 is 0 Å². The van der Waals surface area contributed by atoms with Crippen molar-refractivity contribution < 1.29 is 23.3 Å². The lowest BCUT2D eigenvalue weighted by Crippen LogP contribution is -2.35. The van der Waals surface area contributed by atoms with Crippen LogP contribution in [-0.4, -0.2) is 20.3 Å². The van der Waals surface area contributed by atoms with E-state index >= 15 is 0 Å². The third kappa shape index (κ3) is 4.58. The second kappa shape index (κ2) is 8.64. The lowest BCUT2D eigenvalue weighted by Gasteiger charge is -2.36. The van der Waals surface area contributed by atoms with E-state index in [1.807, 2.05) is 48.5 Å². The second-order valence-electron chi connectivity index (χ2n) is 6.97. The van der Waals surface area contributed by atoms with Gasteiger partial charge in [0.15, 0.2) is 0 Å². The molecule has 0 aromatic heterocycles. The van der Waals surface area contributed by atoms with E-state index in [0.717, 1.165) is 11.3 Å². The van der Waals surface area contributed by atoms with Gasteiger partial charge in [-0.05, 0) is 54.1 Å². The Balaban J connectivity index is 1.51. The zero-order valence-electron chi connectivity index (χ0n) is 16.3. The van der Waals surface area contributed by atoms with Gasteiger partial charge >= 0.3 is 0 Å². The number of hydrogen-bond acceptors (Lipinski definition) is 4. The van der Waals surface area contributed by atoms with Crippen LogP contribution < -0.4 is 9.47 Å². The average molecular weight is 394 g/mol. The van der Waals surface area contributed by atoms with Crippen LogP contribution in [0.2, 0.25) is 0 Å². The number of benzene rings is 3. The summed E-state index contributed by atoms with van der Waals surface area (Å²) in [5.74, 6) is 2.13. The molecule has 5 heteroatoms. The van der Waals surface area contributed by atoms with Crippen molar-refractivity contribution in [3.8, 4) is 23.0 Å². The van der Waals surface area contributed by atoms with Gasteiger partial charge in [-0.3, -0.25) is 0 Å². The molecule has 0 atom stereocenters. The summed E-state index contributed by atoms with van der Waals surface area (Å²) in [7, 11) is 1.65. The average Bonchev–Trinajstić information content (AvgIpc) is 2.76. The minimum Gasteiger partial charge on any atom is -0.457 e. The number of methoxy groups -OCH3 is 1. The Bertz CT molecular complexity index is 935. The zero-order chi connectivity index (χ0) is 20.1. The van der Waals surface area contributed by atoms with Crippen LogP contribution in [0.15, 0.2) is 72.8 Å². The van der Waals surface area contributed by atoms with Crippen molar-refractivity contribution in [3.05, 3.63) is 84.2 Å². The maximum atomic E-state index is 14.3. The molecule has 29 heavy (non-hydrogen) atoms. The summed E-state index contributed by atoms with van der Waals surface area (Å²) >= 11 is 0. The maximum absolute atomic E-state index is 14.3. The maximum Gasteiger partial charge on any atom is 0.130 e. The van der Waals surface area contributed by atoms with Gasteiger partial charge in [-0.1, -0.05) is 18.2 Å². The van der Waals surface area contributed by atoms with Crippen LogP contribution in [0, 0.1) is 5.82 Å². The largest absolute Gasteiger partial charge is 0.457 e. The highest BCUT2D eigenvalue weighted by Crippen LogP contribution is 2.38. The molecule has 0 aliphatic carbocycles. The monoisotopic (exact) mass is 394 g/mol. The molecule has 4 nitrogen and oxygen atoms in total. The molecule has 0 unspecified atom stereocenters. The number of hydrogen-bond donors (Lipinski definition) is 0. The lowest BCUT2D eigenvalue weighted by molar-refractivity contribution is -0.0949. The highest BCUT2D eigenvalue weighted by molar-refractivity contribution is 5.40. The molecule has 1 fully saturated rings. The van der Waals surface area contributed by atoms with Gasteiger partial charge in [-0.15, -0.1) is 0 Å². The first kappa shape index (κ1) is 19.4. The third-order valence-electron chi connectivity index (χ3n) is 5.13. The zero-order valence-corrected chi connectivity index (χ0v) is 16.3. The van der Waals surface area contributed by atoms with Gasteiger partial charge in [0, 0.05) is 39.2 Å². The predicted molar refractivity (Wildman–Crippen MR) is 108 cm³/mol. The van der Waals surface area contributed by atoms with E-state index < -0.39 is 5.60 Å². The molecule has 0 bridgehead atoms. The highest BCUT2D eigenvalue weighted by atomic mass is 19.1. The molecule has 1 aliphatic heterocycles. The molecular formula is C24H23FO4. The normalized spacial score (nSPS) is 15.7. The van der Waals surface area contributed by atoms with E-state index in [1.165, 1.54) is 12.1 Å². The Kier molecular flexibility index (Phi) is 5.79. The van der Waals surface area contributed by atoms with Gasteiger partial charge in [0.2, 0.25) is 0 Å². The Labute approximate surface area is 169 Å². The van der Waals surface area contributed by atoms with Crippen molar-refractivity contribution in [2.24, 2.45) is 0 Å². The number of halogens is 1. The summed E-state index contributed by atoms with van der Waals surface area (Å²) in [6.07, 6.45) is 1.36. The van der Waals surface area contributed by atoms with Crippen LogP contribution in [0.5, 0.6) is 23.0 Å². The Morgan fingerprint density at radius 2 is 1.34 bits per heavy atom. The van der Waals surface area contributed by atoms with Gasteiger partial charge < -0.3 is 18.9 Å². The fraction of sp³-hybridized carbons (Fsp3) is 0.250. The van der Waals surface area contributed by atoms with Gasteiger partial charge in [-0.2, -0.15) is 0 Å². The Hall–Kier alpha value is -2.89. The molecule has 0 radical (unpaired) electrons. The van der Waals surface area contributed by atoms with Gasteiger partial charge in [-0.25, -0.2) is 4.39 Å². The number of ether oxygens (including phenoxy) is 4. The van der Waals surface area contributed by atoms with Gasteiger partial charge in [0.25, 0.3) is 0 Å².